The van der Waals surface area contributed by atoms with Gasteiger partial charge in [0.25, 0.3) is 0 Å². The summed E-state index contributed by atoms with van der Waals surface area (Å²) in [4.78, 5) is 23.0. The molecule has 0 bridgehead atoms. The number of carbonyl (C=O) groups is 2. The first-order valence-corrected chi connectivity index (χ1v) is 7.90. The molecule has 0 radical (unpaired) electrons. The Kier molecular flexibility index (Phi) is 6.37. The van der Waals surface area contributed by atoms with E-state index >= 15 is 0 Å². The van der Waals surface area contributed by atoms with E-state index in [-0.39, 0.29) is 11.8 Å². The average molecular weight is 326 g/mol. The Morgan fingerprint density at radius 2 is 1.67 bits per heavy atom. The highest BCUT2D eigenvalue weighted by Gasteiger charge is 2.04. The van der Waals surface area contributed by atoms with Crippen LogP contribution in [0.15, 0.2) is 48.5 Å². The number of nitrogens with one attached hydrogen (secondary N) is 2. The average Bonchev–Trinajstić information content (AvgIpc) is 2.53. The third-order valence-corrected chi connectivity index (χ3v) is 3.30. The van der Waals surface area contributed by atoms with E-state index in [0.717, 1.165) is 5.75 Å². The molecule has 24 heavy (non-hydrogen) atoms. The zero-order valence-corrected chi connectivity index (χ0v) is 14.0. The molecule has 0 unspecified atom stereocenters. The summed E-state index contributed by atoms with van der Waals surface area (Å²) < 4.78 is 5.60. The van der Waals surface area contributed by atoms with Crippen molar-refractivity contribution in [2.24, 2.45) is 0 Å². The van der Waals surface area contributed by atoms with Gasteiger partial charge in [0.1, 0.15) is 5.75 Å². The summed E-state index contributed by atoms with van der Waals surface area (Å²) in [5, 5.41) is 5.50. The van der Waals surface area contributed by atoms with Gasteiger partial charge in [-0.05, 0) is 43.7 Å². The fourth-order valence-corrected chi connectivity index (χ4v) is 2.16. The lowest BCUT2D eigenvalue weighted by Gasteiger charge is -2.09. The molecule has 0 saturated carbocycles. The van der Waals surface area contributed by atoms with E-state index in [0.29, 0.717) is 30.8 Å². The highest BCUT2D eigenvalue weighted by atomic mass is 16.5. The first-order chi connectivity index (χ1) is 11.5. The predicted molar refractivity (Wildman–Crippen MR) is 95.3 cm³/mol. The lowest BCUT2D eigenvalue weighted by Crippen LogP contribution is -2.13. The van der Waals surface area contributed by atoms with Gasteiger partial charge in [0, 0.05) is 24.7 Å². The highest BCUT2D eigenvalue weighted by molar-refractivity contribution is 5.93. The second-order valence-electron chi connectivity index (χ2n) is 5.58. The fourth-order valence-electron chi connectivity index (χ4n) is 2.16. The molecule has 2 rings (SSSR count). The Hall–Kier alpha value is -2.82. The number of hydrogen-bond donors (Lipinski definition) is 2. The molecule has 0 fully saturated rings. The molecule has 0 saturated heterocycles. The number of amides is 2. The Labute approximate surface area is 142 Å². The predicted octanol–water partition coefficient (Wildman–Crippen LogP) is 3.75. The second kappa shape index (κ2) is 8.72. The number of benzene rings is 2. The van der Waals surface area contributed by atoms with E-state index in [1.165, 1.54) is 12.5 Å². The van der Waals surface area contributed by atoms with Crippen LogP contribution in [0.1, 0.15) is 25.3 Å². The molecule has 2 aromatic carbocycles. The molecule has 126 valence electrons. The monoisotopic (exact) mass is 326 g/mol. The van der Waals surface area contributed by atoms with Crippen LogP contribution in [-0.2, 0) is 9.59 Å². The SMILES string of the molecule is CC(=O)Nc1cccc(NC(=O)CCCOc2ccc(C)cc2)c1. The van der Waals surface area contributed by atoms with Gasteiger partial charge in [-0.2, -0.15) is 0 Å². The van der Waals surface area contributed by atoms with Gasteiger partial charge in [0.15, 0.2) is 0 Å². The molecule has 0 aromatic heterocycles. The molecule has 5 nitrogen and oxygen atoms in total. The number of rotatable bonds is 7. The molecule has 2 N–H and O–H groups in total. The van der Waals surface area contributed by atoms with Crippen LogP contribution < -0.4 is 15.4 Å². The van der Waals surface area contributed by atoms with Crippen LogP contribution in [0.5, 0.6) is 5.75 Å². The molecule has 2 aromatic rings. The number of hydrogen-bond acceptors (Lipinski definition) is 3. The van der Waals surface area contributed by atoms with Gasteiger partial charge in [0.2, 0.25) is 11.8 Å². The maximum atomic E-state index is 11.9. The maximum absolute atomic E-state index is 11.9. The van der Waals surface area contributed by atoms with Gasteiger partial charge in [-0.3, -0.25) is 9.59 Å². The van der Waals surface area contributed by atoms with Crippen molar-refractivity contribution in [1.29, 1.82) is 0 Å². The maximum Gasteiger partial charge on any atom is 0.224 e. The lowest BCUT2D eigenvalue weighted by atomic mass is 10.2. The van der Waals surface area contributed by atoms with Gasteiger partial charge in [-0.1, -0.05) is 23.8 Å². The summed E-state index contributed by atoms with van der Waals surface area (Å²) in [6, 6.07) is 14.9. The van der Waals surface area contributed by atoms with Crippen LogP contribution in [0, 0.1) is 6.92 Å². The van der Waals surface area contributed by atoms with Crippen molar-refractivity contribution >= 4 is 23.2 Å². The number of anilines is 2. The zero-order valence-electron chi connectivity index (χ0n) is 14.0. The summed E-state index contributed by atoms with van der Waals surface area (Å²) in [6.45, 7) is 3.96. The van der Waals surface area contributed by atoms with Crippen molar-refractivity contribution in [3.63, 3.8) is 0 Å². The second-order valence-corrected chi connectivity index (χ2v) is 5.58. The first kappa shape index (κ1) is 17.5. The van der Waals surface area contributed by atoms with E-state index < -0.39 is 0 Å². The van der Waals surface area contributed by atoms with Gasteiger partial charge in [0.05, 0.1) is 6.61 Å². The molecule has 0 atom stereocenters. The molecule has 0 aliphatic carbocycles. The summed E-state index contributed by atoms with van der Waals surface area (Å²) in [6.07, 6.45) is 1.00. The van der Waals surface area contributed by atoms with Crippen molar-refractivity contribution in [3.8, 4) is 5.75 Å². The third kappa shape index (κ3) is 6.12. The highest BCUT2D eigenvalue weighted by Crippen LogP contribution is 2.16. The lowest BCUT2D eigenvalue weighted by molar-refractivity contribution is -0.116. The molecule has 0 aliphatic heterocycles. The van der Waals surface area contributed by atoms with Crippen LogP contribution in [0.2, 0.25) is 0 Å². The van der Waals surface area contributed by atoms with Crippen LogP contribution in [0.3, 0.4) is 0 Å². The molecule has 0 heterocycles. The van der Waals surface area contributed by atoms with E-state index in [4.69, 9.17) is 4.74 Å². The zero-order chi connectivity index (χ0) is 17.4. The van der Waals surface area contributed by atoms with E-state index in [2.05, 4.69) is 10.6 Å². The van der Waals surface area contributed by atoms with Crippen LogP contribution in [0.4, 0.5) is 11.4 Å². The first-order valence-electron chi connectivity index (χ1n) is 7.90. The Morgan fingerprint density at radius 1 is 1.00 bits per heavy atom. The fraction of sp³-hybridized carbons (Fsp3) is 0.263. The van der Waals surface area contributed by atoms with Crippen molar-refractivity contribution in [2.45, 2.75) is 26.7 Å². The summed E-state index contributed by atoms with van der Waals surface area (Å²) in [5.41, 5.74) is 2.50. The van der Waals surface area contributed by atoms with Crippen molar-refractivity contribution in [1.82, 2.24) is 0 Å². The number of carbonyl (C=O) groups excluding carboxylic acids is 2. The summed E-state index contributed by atoms with van der Waals surface area (Å²) in [7, 11) is 0. The van der Waals surface area contributed by atoms with Crippen molar-refractivity contribution < 1.29 is 14.3 Å². The third-order valence-electron chi connectivity index (χ3n) is 3.30. The molecule has 0 aliphatic rings. The molecule has 0 spiro atoms. The van der Waals surface area contributed by atoms with E-state index in [1.807, 2.05) is 31.2 Å². The van der Waals surface area contributed by atoms with Crippen molar-refractivity contribution in [3.05, 3.63) is 54.1 Å². The minimum Gasteiger partial charge on any atom is -0.494 e. The van der Waals surface area contributed by atoms with Gasteiger partial charge in [-0.25, -0.2) is 0 Å². The Morgan fingerprint density at radius 3 is 2.33 bits per heavy atom. The number of aryl methyl sites for hydroxylation is 1. The summed E-state index contributed by atoms with van der Waals surface area (Å²) >= 11 is 0. The molecule has 5 heteroatoms. The van der Waals surface area contributed by atoms with Crippen LogP contribution in [0.25, 0.3) is 0 Å². The topological polar surface area (TPSA) is 67.4 Å². The van der Waals surface area contributed by atoms with E-state index in [1.54, 1.807) is 24.3 Å². The normalized spacial score (nSPS) is 10.1. The minimum atomic E-state index is -0.147. The summed E-state index contributed by atoms with van der Waals surface area (Å²) in [5.74, 6) is 0.582. The molecular formula is C19H22N2O3. The van der Waals surface area contributed by atoms with Gasteiger partial charge in [-0.15, -0.1) is 0 Å². The Bertz CT molecular complexity index is 696. The smallest absolute Gasteiger partial charge is 0.224 e. The Balaban J connectivity index is 1.73. The largest absolute Gasteiger partial charge is 0.494 e. The van der Waals surface area contributed by atoms with E-state index in [9.17, 15) is 9.59 Å². The standard InChI is InChI=1S/C19H22N2O3/c1-14-8-10-18(11-9-14)24-12-4-7-19(23)21-17-6-3-5-16(13-17)20-15(2)22/h3,5-6,8-11,13H,4,7,12H2,1-2H3,(H,20,22)(H,21,23). The molecular weight excluding hydrogens is 304 g/mol. The van der Waals surface area contributed by atoms with Crippen molar-refractivity contribution in [2.75, 3.05) is 17.2 Å². The van der Waals surface area contributed by atoms with Crippen LogP contribution in [-0.4, -0.2) is 18.4 Å². The molecule has 2 amide bonds. The van der Waals surface area contributed by atoms with Crippen LogP contribution >= 0.6 is 0 Å². The quantitative estimate of drug-likeness (QED) is 0.762. The van der Waals surface area contributed by atoms with Gasteiger partial charge >= 0.3 is 0 Å². The number of ether oxygens (including phenoxy) is 1. The minimum absolute atomic E-state index is 0.0810. The van der Waals surface area contributed by atoms with Gasteiger partial charge < -0.3 is 15.4 Å².